The number of rotatable bonds is 8. The topological polar surface area (TPSA) is 156 Å². The molecule has 0 heterocycles. The fraction of sp³-hybridized carbons (Fsp3) is 0.800. The van der Waals surface area contributed by atoms with Crippen LogP contribution in [0.5, 0.6) is 0 Å². The molecule has 0 rings (SSSR count). The lowest BCUT2D eigenvalue weighted by Crippen LogP contribution is -2.29. The molecule has 8 heteroatoms. The zero-order valence-electron chi connectivity index (χ0n) is 9.79. The molecule has 0 amide bonds. The monoisotopic (exact) mass is 268 g/mol. The predicted molar refractivity (Wildman–Crippen MR) is 59.6 cm³/mol. The van der Waals surface area contributed by atoms with Gasteiger partial charge in [0.05, 0.1) is 25.4 Å². The lowest BCUT2D eigenvalue weighted by atomic mass is 10.2. The van der Waals surface area contributed by atoms with Crippen LogP contribution in [0.1, 0.15) is 12.8 Å². The van der Waals surface area contributed by atoms with Crippen LogP contribution in [0.4, 0.5) is 0 Å². The Morgan fingerprint density at radius 2 is 0.944 bits per heavy atom. The van der Waals surface area contributed by atoms with Crippen molar-refractivity contribution in [2.45, 2.75) is 37.3 Å². The molecule has 0 aliphatic rings. The summed E-state index contributed by atoms with van der Waals surface area (Å²) in [5.41, 5.74) is 0. The van der Waals surface area contributed by atoms with E-state index in [0.29, 0.717) is 12.6 Å². The second-order valence-corrected chi connectivity index (χ2v) is 3.44. The molecule has 0 aromatic carbocycles. The van der Waals surface area contributed by atoms with E-state index in [1.54, 1.807) is 0 Å². The molecule has 0 aliphatic heterocycles. The van der Waals surface area contributed by atoms with Crippen LogP contribution in [0.3, 0.4) is 0 Å². The molecule has 0 spiro atoms. The standard InChI is InChI=1S/2C5H10O4/c2*6-2-1-4(8)5(9)3-7/h2*2,4-5,7-9H,1,3H2/t2*4-,5+/m00/s1. The third-order valence-corrected chi connectivity index (χ3v) is 1.94. The van der Waals surface area contributed by atoms with Crippen molar-refractivity contribution in [3.63, 3.8) is 0 Å². The van der Waals surface area contributed by atoms with E-state index in [2.05, 4.69) is 0 Å². The maximum atomic E-state index is 9.68. The quantitative estimate of drug-likeness (QED) is 0.248. The van der Waals surface area contributed by atoms with Crippen molar-refractivity contribution in [2.75, 3.05) is 13.2 Å². The van der Waals surface area contributed by atoms with E-state index >= 15 is 0 Å². The molecule has 6 N–H and O–H groups in total. The molecule has 0 bridgehead atoms. The number of aliphatic hydroxyl groups excluding tert-OH is 6. The Labute approximate surface area is 104 Å². The van der Waals surface area contributed by atoms with E-state index in [1.807, 2.05) is 0 Å². The van der Waals surface area contributed by atoms with Gasteiger partial charge in [-0.25, -0.2) is 0 Å². The lowest BCUT2D eigenvalue weighted by Gasteiger charge is -2.11. The first-order valence-corrected chi connectivity index (χ1v) is 5.25. The molecular formula is C10H20O8. The summed E-state index contributed by atoms with van der Waals surface area (Å²) in [4.78, 5) is 19.4. The Morgan fingerprint density at radius 1 is 0.667 bits per heavy atom. The highest BCUT2D eigenvalue weighted by atomic mass is 16.4. The summed E-state index contributed by atoms with van der Waals surface area (Å²) < 4.78 is 0. The number of carbonyl (C=O) groups excluding carboxylic acids is 2. The van der Waals surface area contributed by atoms with Crippen molar-refractivity contribution < 1.29 is 40.2 Å². The van der Waals surface area contributed by atoms with Gasteiger partial charge in [0, 0.05) is 12.8 Å². The second kappa shape index (κ2) is 12.6. The van der Waals surface area contributed by atoms with Crippen LogP contribution in [-0.2, 0) is 9.59 Å². The van der Waals surface area contributed by atoms with Crippen LogP contribution in [-0.4, -0.2) is 80.8 Å². The highest BCUT2D eigenvalue weighted by Crippen LogP contribution is 1.95. The van der Waals surface area contributed by atoms with Crippen LogP contribution in [0.15, 0.2) is 0 Å². The highest BCUT2D eigenvalue weighted by molar-refractivity contribution is 5.50. The van der Waals surface area contributed by atoms with Crippen molar-refractivity contribution in [1.82, 2.24) is 0 Å². The fourth-order valence-electron chi connectivity index (χ4n) is 0.755. The zero-order chi connectivity index (χ0) is 14.6. The lowest BCUT2D eigenvalue weighted by molar-refractivity contribution is -0.112. The molecule has 0 aromatic heterocycles. The molecule has 0 aromatic rings. The van der Waals surface area contributed by atoms with Crippen molar-refractivity contribution in [1.29, 1.82) is 0 Å². The zero-order valence-corrected chi connectivity index (χ0v) is 9.79. The average molecular weight is 268 g/mol. The van der Waals surface area contributed by atoms with Gasteiger partial charge in [0.15, 0.2) is 0 Å². The average Bonchev–Trinajstić information content (AvgIpc) is 2.38. The summed E-state index contributed by atoms with van der Waals surface area (Å²) >= 11 is 0. The number of hydrogen-bond acceptors (Lipinski definition) is 8. The van der Waals surface area contributed by atoms with Gasteiger partial charge in [-0.3, -0.25) is 0 Å². The summed E-state index contributed by atoms with van der Waals surface area (Å²) in [6.45, 7) is -1.04. The molecule has 4 atom stereocenters. The van der Waals surface area contributed by atoms with Gasteiger partial charge in [0.2, 0.25) is 0 Å². The van der Waals surface area contributed by atoms with E-state index in [-0.39, 0.29) is 12.8 Å². The van der Waals surface area contributed by atoms with Crippen LogP contribution in [0.2, 0.25) is 0 Å². The summed E-state index contributed by atoms with van der Waals surface area (Å²) in [6, 6.07) is 0. The number of aliphatic hydroxyl groups is 6. The Balaban J connectivity index is 0. The SMILES string of the molecule is O=CC[C@H](O)[C@H](O)CO.O=CC[C@H](O)[C@H](O)CO. The second-order valence-electron chi connectivity index (χ2n) is 3.44. The normalized spacial score (nSPS) is 16.8. The minimum absolute atomic E-state index is 0.137. The molecule has 0 aliphatic carbocycles. The first kappa shape index (κ1) is 19.4. The number of hydrogen-bond donors (Lipinski definition) is 6. The Hall–Kier alpha value is -0.900. The molecule has 18 heavy (non-hydrogen) atoms. The van der Waals surface area contributed by atoms with E-state index in [4.69, 9.17) is 30.6 Å². The molecule has 0 saturated carbocycles. The number of aldehydes is 2. The van der Waals surface area contributed by atoms with Gasteiger partial charge in [-0.05, 0) is 0 Å². The van der Waals surface area contributed by atoms with E-state index < -0.39 is 37.6 Å². The van der Waals surface area contributed by atoms with Crippen molar-refractivity contribution in [2.24, 2.45) is 0 Å². The van der Waals surface area contributed by atoms with Crippen LogP contribution < -0.4 is 0 Å². The molecule has 0 saturated heterocycles. The summed E-state index contributed by atoms with van der Waals surface area (Å²) in [6.07, 6.45) is -3.96. The minimum atomic E-state index is -1.20. The molecule has 108 valence electrons. The molecule has 8 nitrogen and oxygen atoms in total. The fourth-order valence-corrected chi connectivity index (χ4v) is 0.755. The Bertz CT molecular complexity index is 188. The molecular weight excluding hydrogens is 248 g/mol. The third kappa shape index (κ3) is 10.3. The van der Waals surface area contributed by atoms with Gasteiger partial charge in [0.25, 0.3) is 0 Å². The van der Waals surface area contributed by atoms with Gasteiger partial charge in [-0.1, -0.05) is 0 Å². The summed E-state index contributed by atoms with van der Waals surface area (Å²) in [7, 11) is 0. The van der Waals surface area contributed by atoms with Gasteiger partial charge >= 0.3 is 0 Å². The largest absolute Gasteiger partial charge is 0.394 e. The first-order valence-electron chi connectivity index (χ1n) is 5.25. The Kier molecular flexibility index (Phi) is 13.6. The molecule has 0 fully saturated rings. The minimum Gasteiger partial charge on any atom is -0.394 e. The summed E-state index contributed by atoms with van der Waals surface area (Å²) in [5, 5.41) is 51.0. The third-order valence-electron chi connectivity index (χ3n) is 1.94. The summed E-state index contributed by atoms with van der Waals surface area (Å²) in [5.74, 6) is 0. The van der Waals surface area contributed by atoms with E-state index in [9.17, 15) is 9.59 Å². The van der Waals surface area contributed by atoms with Crippen molar-refractivity contribution in [3.05, 3.63) is 0 Å². The van der Waals surface area contributed by atoms with E-state index in [0.717, 1.165) is 0 Å². The van der Waals surface area contributed by atoms with Gasteiger partial charge in [0.1, 0.15) is 24.8 Å². The van der Waals surface area contributed by atoms with Gasteiger partial charge < -0.3 is 40.2 Å². The maximum Gasteiger partial charge on any atom is 0.122 e. The van der Waals surface area contributed by atoms with Crippen LogP contribution in [0.25, 0.3) is 0 Å². The van der Waals surface area contributed by atoms with Crippen molar-refractivity contribution in [3.8, 4) is 0 Å². The molecule has 0 unspecified atom stereocenters. The maximum absolute atomic E-state index is 9.68. The number of carbonyl (C=O) groups is 2. The van der Waals surface area contributed by atoms with Gasteiger partial charge in [-0.2, -0.15) is 0 Å². The van der Waals surface area contributed by atoms with E-state index in [1.165, 1.54) is 0 Å². The first-order chi connectivity index (χ1) is 8.44. The molecule has 0 radical (unpaired) electrons. The Morgan fingerprint density at radius 3 is 1.11 bits per heavy atom. The predicted octanol–water partition coefficient (Wildman–Crippen LogP) is -3.42. The smallest absolute Gasteiger partial charge is 0.122 e. The van der Waals surface area contributed by atoms with Crippen LogP contribution in [0, 0.1) is 0 Å². The van der Waals surface area contributed by atoms with Crippen LogP contribution >= 0.6 is 0 Å². The van der Waals surface area contributed by atoms with Gasteiger partial charge in [-0.15, -0.1) is 0 Å². The van der Waals surface area contributed by atoms with Crippen molar-refractivity contribution >= 4 is 12.6 Å². The highest BCUT2D eigenvalue weighted by Gasteiger charge is 2.13.